The quantitative estimate of drug-likeness (QED) is 0.358. The van der Waals surface area contributed by atoms with Crippen LogP contribution in [0.1, 0.15) is 11.5 Å². The van der Waals surface area contributed by atoms with Gasteiger partial charge in [-0.3, -0.25) is 0 Å². The number of hydrogen-bond acceptors (Lipinski definition) is 1. The van der Waals surface area contributed by atoms with Crippen molar-refractivity contribution in [3.63, 3.8) is 0 Å². The fourth-order valence-electron chi connectivity index (χ4n) is 2.54. The van der Waals surface area contributed by atoms with E-state index in [-0.39, 0.29) is 0 Å². The summed E-state index contributed by atoms with van der Waals surface area (Å²) in [5, 5.41) is 0. The molecule has 0 spiro atoms. The lowest BCUT2D eigenvalue weighted by atomic mass is 10.0. The normalized spacial score (nSPS) is 14.4. The van der Waals surface area contributed by atoms with Crippen LogP contribution in [0.25, 0.3) is 0 Å². The summed E-state index contributed by atoms with van der Waals surface area (Å²) in [5.74, 6) is 0.406. The minimum absolute atomic E-state index is 0.406. The van der Waals surface area contributed by atoms with E-state index in [2.05, 4.69) is 93.0 Å². The summed E-state index contributed by atoms with van der Waals surface area (Å²) in [7, 11) is -1.34. The molecule has 0 unspecified atom stereocenters. The number of hydrogen-bond donors (Lipinski definition) is 0. The molecule has 0 saturated heterocycles. The molecular formula is C19H24SSi. The van der Waals surface area contributed by atoms with Gasteiger partial charge in [0.05, 0.1) is 8.07 Å². The first-order valence-corrected chi connectivity index (χ1v) is 11.9. The van der Waals surface area contributed by atoms with Gasteiger partial charge in [-0.15, -0.1) is 18.3 Å². The van der Waals surface area contributed by atoms with Crippen molar-refractivity contribution in [3.8, 4) is 0 Å². The van der Waals surface area contributed by atoms with Gasteiger partial charge in [0, 0.05) is 15.7 Å². The molecule has 2 rings (SSSR count). The highest BCUT2D eigenvalue weighted by Crippen LogP contribution is 2.39. The summed E-state index contributed by atoms with van der Waals surface area (Å²) in [6, 6.07) is 21.5. The van der Waals surface area contributed by atoms with Crippen LogP contribution >= 0.6 is 11.8 Å². The summed E-state index contributed by atoms with van der Waals surface area (Å²) in [4.78, 5) is 1.94. The lowest BCUT2D eigenvalue weighted by molar-refractivity contribution is 0.910. The number of thioether (sulfide) groups is 1. The Balaban J connectivity index is 2.33. The van der Waals surface area contributed by atoms with Gasteiger partial charge in [0.15, 0.2) is 0 Å². The van der Waals surface area contributed by atoms with Crippen LogP contribution in [0.15, 0.2) is 78.2 Å². The third-order valence-electron chi connectivity index (χ3n) is 3.62. The second-order valence-electron chi connectivity index (χ2n) is 6.39. The first-order chi connectivity index (χ1) is 10.0. The summed E-state index contributed by atoms with van der Waals surface area (Å²) >= 11 is 2.01. The molecule has 2 heteroatoms. The molecule has 2 atom stereocenters. The van der Waals surface area contributed by atoms with Crippen molar-refractivity contribution >= 4 is 19.8 Å². The Labute approximate surface area is 134 Å². The lowest BCUT2D eigenvalue weighted by Gasteiger charge is -2.34. The van der Waals surface area contributed by atoms with E-state index in [4.69, 9.17) is 0 Å². The Morgan fingerprint density at radius 2 is 1.43 bits per heavy atom. The molecule has 0 aliphatic rings. The SMILES string of the molecule is C=C[C@@H](c1ccccc1)[C@H](Sc1ccccc1)[Si](C)(C)C. The number of allylic oxidation sites excluding steroid dienone is 1. The smallest absolute Gasteiger partial charge is 0.0603 e. The van der Waals surface area contributed by atoms with E-state index in [0.717, 1.165) is 0 Å². The summed E-state index contributed by atoms with van der Waals surface area (Å²) in [6.45, 7) is 11.5. The molecule has 0 fully saturated rings. The second kappa shape index (κ2) is 7.14. The van der Waals surface area contributed by atoms with Crippen LogP contribution in [0.2, 0.25) is 19.6 Å². The second-order valence-corrected chi connectivity index (χ2v) is 13.4. The molecule has 21 heavy (non-hydrogen) atoms. The van der Waals surface area contributed by atoms with Gasteiger partial charge in [0.25, 0.3) is 0 Å². The van der Waals surface area contributed by atoms with Crippen molar-refractivity contribution in [3.05, 3.63) is 78.9 Å². The third-order valence-corrected chi connectivity index (χ3v) is 9.26. The maximum absolute atomic E-state index is 4.12. The van der Waals surface area contributed by atoms with Crippen LogP contribution in [0, 0.1) is 0 Å². The molecule has 0 saturated carbocycles. The van der Waals surface area contributed by atoms with Gasteiger partial charge in [-0.25, -0.2) is 0 Å². The predicted molar refractivity (Wildman–Crippen MR) is 98.8 cm³/mol. The molecule has 0 heterocycles. The molecule has 0 aromatic heterocycles. The standard InChI is InChI=1S/C19H24SSi/c1-5-18(16-12-8-6-9-13-16)19(21(2,3)4)20-17-14-10-7-11-15-17/h5-15,18-19H,1H2,2-4H3/t18-,19+/m0/s1. The van der Waals surface area contributed by atoms with Gasteiger partial charge in [0.1, 0.15) is 0 Å². The average molecular weight is 313 g/mol. The third kappa shape index (κ3) is 4.35. The van der Waals surface area contributed by atoms with Gasteiger partial charge in [-0.1, -0.05) is 74.2 Å². The van der Waals surface area contributed by atoms with Crippen molar-refractivity contribution in [2.24, 2.45) is 0 Å². The Hall–Kier alpha value is -1.25. The van der Waals surface area contributed by atoms with Gasteiger partial charge in [-0.2, -0.15) is 0 Å². The van der Waals surface area contributed by atoms with E-state index in [0.29, 0.717) is 10.8 Å². The first kappa shape index (κ1) is 16.1. The van der Waals surface area contributed by atoms with Crippen LogP contribution in [0.4, 0.5) is 0 Å². The van der Waals surface area contributed by atoms with Crippen molar-refractivity contribution < 1.29 is 0 Å². The van der Waals surface area contributed by atoms with Crippen molar-refractivity contribution in [2.75, 3.05) is 0 Å². The summed E-state index contributed by atoms with van der Waals surface area (Å²) in [6.07, 6.45) is 2.13. The Bertz CT molecular complexity index is 557. The van der Waals surface area contributed by atoms with Crippen molar-refractivity contribution in [2.45, 2.75) is 35.3 Å². The van der Waals surface area contributed by atoms with Crippen molar-refractivity contribution in [1.29, 1.82) is 0 Å². The van der Waals surface area contributed by atoms with Crippen LogP contribution in [0.5, 0.6) is 0 Å². The Morgan fingerprint density at radius 3 is 1.90 bits per heavy atom. The van der Waals surface area contributed by atoms with Crippen LogP contribution in [0.3, 0.4) is 0 Å². The molecule has 0 nitrogen and oxygen atoms in total. The van der Waals surface area contributed by atoms with E-state index in [1.807, 2.05) is 11.8 Å². The zero-order valence-corrected chi connectivity index (χ0v) is 14.9. The highest BCUT2D eigenvalue weighted by atomic mass is 32.2. The van der Waals surface area contributed by atoms with Crippen LogP contribution < -0.4 is 0 Å². The predicted octanol–water partition coefficient (Wildman–Crippen LogP) is 5.99. The van der Waals surface area contributed by atoms with E-state index in [1.54, 1.807) is 0 Å². The maximum atomic E-state index is 4.12. The monoisotopic (exact) mass is 312 g/mol. The van der Waals surface area contributed by atoms with E-state index >= 15 is 0 Å². The van der Waals surface area contributed by atoms with Crippen molar-refractivity contribution in [1.82, 2.24) is 0 Å². The molecule has 2 aromatic rings. The fraction of sp³-hybridized carbons (Fsp3) is 0.263. The lowest BCUT2D eigenvalue weighted by Crippen LogP contribution is -2.39. The Morgan fingerprint density at radius 1 is 0.905 bits per heavy atom. The molecule has 0 aliphatic carbocycles. The molecule has 110 valence electrons. The molecule has 0 bridgehead atoms. The highest BCUT2D eigenvalue weighted by Gasteiger charge is 2.33. The van der Waals surface area contributed by atoms with Gasteiger partial charge >= 0.3 is 0 Å². The van der Waals surface area contributed by atoms with E-state index in [9.17, 15) is 0 Å². The maximum Gasteiger partial charge on any atom is 0.0603 e. The van der Waals surface area contributed by atoms with Crippen LogP contribution in [-0.2, 0) is 0 Å². The Kier molecular flexibility index (Phi) is 5.49. The largest absolute Gasteiger partial charge is 0.125 e. The zero-order chi connectivity index (χ0) is 15.3. The molecule has 0 amide bonds. The van der Waals surface area contributed by atoms with E-state index < -0.39 is 8.07 Å². The summed E-state index contributed by atoms with van der Waals surface area (Å²) in [5.41, 5.74) is 1.38. The van der Waals surface area contributed by atoms with Gasteiger partial charge < -0.3 is 0 Å². The minimum Gasteiger partial charge on any atom is -0.125 e. The minimum atomic E-state index is -1.34. The first-order valence-electron chi connectivity index (χ1n) is 7.41. The van der Waals surface area contributed by atoms with E-state index in [1.165, 1.54) is 10.5 Å². The topological polar surface area (TPSA) is 0 Å². The zero-order valence-electron chi connectivity index (χ0n) is 13.1. The van der Waals surface area contributed by atoms with Gasteiger partial charge in [0.2, 0.25) is 0 Å². The molecule has 0 N–H and O–H groups in total. The number of benzene rings is 2. The summed E-state index contributed by atoms with van der Waals surface area (Å²) < 4.78 is 0. The molecule has 0 aliphatic heterocycles. The molecule has 2 aromatic carbocycles. The fourth-order valence-corrected chi connectivity index (χ4v) is 6.79. The van der Waals surface area contributed by atoms with Gasteiger partial charge in [-0.05, 0) is 17.7 Å². The molecular weight excluding hydrogens is 288 g/mol. The average Bonchev–Trinajstić information content (AvgIpc) is 2.48. The highest BCUT2D eigenvalue weighted by molar-refractivity contribution is 8.01. The number of rotatable bonds is 6. The van der Waals surface area contributed by atoms with Crippen LogP contribution in [-0.4, -0.2) is 12.9 Å². The molecule has 0 radical (unpaired) electrons.